The Balaban J connectivity index is 1.50. The summed E-state index contributed by atoms with van der Waals surface area (Å²) in [6.07, 6.45) is 3.46. The summed E-state index contributed by atoms with van der Waals surface area (Å²) in [5.41, 5.74) is 1.01. The summed E-state index contributed by atoms with van der Waals surface area (Å²) < 4.78 is 21.6. The van der Waals surface area contributed by atoms with Crippen LogP contribution in [0.15, 0.2) is 29.1 Å². The summed E-state index contributed by atoms with van der Waals surface area (Å²) in [5, 5.41) is 7.35. The number of halogens is 1. The SMILES string of the molecule is C[C@H]1CC2(CCN(c3nc4[nH]nc(-c5ccccc5F)c4c(=O)n3C)CC2)CO1. The minimum absolute atomic E-state index is 0.227. The highest BCUT2D eigenvalue weighted by molar-refractivity contribution is 5.90. The van der Waals surface area contributed by atoms with Crippen molar-refractivity contribution in [3.8, 4) is 11.3 Å². The molecule has 7 nitrogen and oxygen atoms in total. The van der Waals surface area contributed by atoms with E-state index in [0.717, 1.165) is 39.0 Å². The van der Waals surface area contributed by atoms with E-state index in [2.05, 4.69) is 27.0 Å². The lowest BCUT2D eigenvalue weighted by Gasteiger charge is -2.39. The van der Waals surface area contributed by atoms with Crippen molar-refractivity contribution < 1.29 is 9.13 Å². The van der Waals surface area contributed by atoms with Crippen molar-refractivity contribution in [3.63, 3.8) is 0 Å². The van der Waals surface area contributed by atoms with Gasteiger partial charge >= 0.3 is 0 Å². The maximum absolute atomic E-state index is 14.3. The van der Waals surface area contributed by atoms with Crippen molar-refractivity contribution in [2.45, 2.75) is 32.3 Å². The quantitative estimate of drug-likeness (QED) is 0.720. The molecule has 8 heteroatoms. The average molecular weight is 397 g/mol. The van der Waals surface area contributed by atoms with Crippen molar-refractivity contribution in [3.05, 3.63) is 40.4 Å². The fourth-order valence-corrected chi connectivity index (χ4v) is 4.76. The molecule has 0 aliphatic carbocycles. The van der Waals surface area contributed by atoms with Gasteiger partial charge in [-0.1, -0.05) is 12.1 Å². The monoisotopic (exact) mass is 397 g/mol. The summed E-state index contributed by atoms with van der Waals surface area (Å²) in [6, 6.07) is 6.32. The number of nitrogens with zero attached hydrogens (tertiary/aromatic N) is 4. The van der Waals surface area contributed by atoms with Crippen molar-refractivity contribution in [2.75, 3.05) is 24.6 Å². The molecule has 29 heavy (non-hydrogen) atoms. The summed E-state index contributed by atoms with van der Waals surface area (Å²) in [4.78, 5) is 20.0. The molecule has 2 aliphatic heterocycles. The van der Waals surface area contributed by atoms with E-state index < -0.39 is 5.82 Å². The van der Waals surface area contributed by atoms with Crippen LogP contribution < -0.4 is 10.5 Å². The number of fused-ring (bicyclic) bond motifs is 1. The lowest BCUT2D eigenvalue weighted by Crippen LogP contribution is -2.43. The lowest BCUT2D eigenvalue weighted by molar-refractivity contribution is 0.0974. The highest BCUT2D eigenvalue weighted by Gasteiger charge is 2.41. The molecule has 1 atom stereocenters. The Morgan fingerprint density at radius 2 is 2.03 bits per heavy atom. The van der Waals surface area contributed by atoms with Crippen LogP contribution in [0.1, 0.15) is 26.2 Å². The molecule has 1 spiro atoms. The third-order valence-corrected chi connectivity index (χ3v) is 6.41. The van der Waals surface area contributed by atoms with Crippen LogP contribution in [0.25, 0.3) is 22.3 Å². The van der Waals surface area contributed by atoms with Gasteiger partial charge in [0.1, 0.15) is 16.9 Å². The number of piperidine rings is 1. The fourth-order valence-electron chi connectivity index (χ4n) is 4.76. The summed E-state index contributed by atoms with van der Waals surface area (Å²) in [6.45, 7) is 4.61. The zero-order chi connectivity index (χ0) is 20.2. The maximum Gasteiger partial charge on any atom is 0.266 e. The van der Waals surface area contributed by atoms with Crippen molar-refractivity contribution in [2.24, 2.45) is 12.5 Å². The number of hydrogen-bond acceptors (Lipinski definition) is 5. The first-order valence-corrected chi connectivity index (χ1v) is 10.0. The Bertz CT molecular complexity index is 1130. The topological polar surface area (TPSA) is 76.0 Å². The molecule has 2 aromatic heterocycles. The Morgan fingerprint density at radius 3 is 2.72 bits per heavy atom. The van der Waals surface area contributed by atoms with Crippen LogP contribution in [0.5, 0.6) is 0 Å². The molecule has 4 heterocycles. The summed E-state index contributed by atoms with van der Waals surface area (Å²) in [7, 11) is 1.72. The molecule has 0 saturated carbocycles. The van der Waals surface area contributed by atoms with Crippen LogP contribution in [0.3, 0.4) is 0 Å². The number of aromatic nitrogens is 4. The van der Waals surface area contributed by atoms with Crippen LogP contribution in [-0.2, 0) is 11.8 Å². The minimum atomic E-state index is -0.415. The molecule has 2 saturated heterocycles. The second kappa shape index (κ2) is 6.66. The zero-order valence-electron chi connectivity index (χ0n) is 16.6. The van der Waals surface area contributed by atoms with Crippen molar-refractivity contribution >= 4 is 17.0 Å². The van der Waals surface area contributed by atoms with E-state index in [1.54, 1.807) is 29.8 Å². The number of aromatic amines is 1. The molecule has 5 rings (SSSR count). The molecule has 0 bridgehead atoms. The fraction of sp³-hybridized carbons (Fsp3) is 0.476. The number of anilines is 1. The van der Waals surface area contributed by atoms with Gasteiger partial charge in [-0.05, 0) is 43.7 Å². The Kier molecular flexibility index (Phi) is 4.20. The maximum atomic E-state index is 14.3. The highest BCUT2D eigenvalue weighted by Crippen LogP contribution is 2.42. The minimum Gasteiger partial charge on any atom is -0.378 e. The van der Waals surface area contributed by atoms with Crippen LogP contribution >= 0.6 is 0 Å². The third-order valence-electron chi connectivity index (χ3n) is 6.41. The number of nitrogens with one attached hydrogen (secondary N) is 1. The summed E-state index contributed by atoms with van der Waals surface area (Å²) >= 11 is 0. The molecule has 1 aromatic carbocycles. The number of H-pyrrole nitrogens is 1. The Labute approximate surface area is 167 Å². The summed E-state index contributed by atoms with van der Waals surface area (Å²) in [5.74, 6) is 0.203. The van der Waals surface area contributed by atoms with E-state index >= 15 is 0 Å². The van der Waals surface area contributed by atoms with E-state index in [4.69, 9.17) is 4.74 Å². The predicted octanol–water partition coefficient (Wildman–Crippen LogP) is 2.86. The number of ether oxygens (including phenoxy) is 1. The smallest absolute Gasteiger partial charge is 0.266 e. The van der Waals surface area contributed by atoms with Crippen LogP contribution in [0, 0.1) is 11.2 Å². The van der Waals surface area contributed by atoms with Gasteiger partial charge < -0.3 is 9.64 Å². The zero-order valence-corrected chi connectivity index (χ0v) is 16.6. The average Bonchev–Trinajstić information content (AvgIpc) is 3.30. The van der Waals surface area contributed by atoms with Crippen LogP contribution in [0.2, 0.25) is 0 Å². The molecular weight excluding hydrogens is 373 g/mol. The van der Waals surface area contributed by atoms with Gasteiger partial charge in [0.15, 0.2) is 5.65 Å². The van der Waals surface area contributed by atoms with Gasteiger partial charge in [0.25, 0.3) is 5.56 Å². The van der Waals surface area contributed by atoms with E-state index in [0.29, 0.717) is 34.3 Å². The first kappa shape index (κ1) is 18.3. The molecule has 152 valence electrons. The van der Waals surface area contributed by atoms with Crippen molar-refractivity contribution in [1.29, 1.82) is 0 Å². The second-order valence-corrected chi connectivity index (χ2v) is 8.36. The van der Waals surface area contributed by atoms with Crippen LogP contribution in [0.4, 0.5) is 10.3 Å². The Hall–Kier alpha value is -2.74. The molecular formula is C21H24FN5O2. The van der Waals surface area contributed by atoms with Gasteiger partial charge in [0.05, 0.1) is 12.7 Å². The molecule has 3 aromatic rings. The first-order valence-electron chi connectivity index (χ1n) is 10.0. The van der Waals surface area contributed by atoms with Gasteiger partial charge in [-0.2, -0.15) is 10.1 Å². The van der Waals surface area contributed by atoms with Crippen LogP contribution in [-0.4, -0.2) is 45.5 Å². The normalized spacial score (nSPS) is 21.3. The number of hydrogen-bond donors (Lipinski definition) is 1. The second-order valence-electron chi connectivity index (χ2n) is 8.36. The standard InChI is InChI=1S/C21H24FN5O2/c1-13-11-21(12-29-13)7-9-27(10-8-21)20-23-18-16(19(28)26(20)2)17(24-25-18)14-5-3-4-6-15(14)22/h3-6,13H,7-12H2,1-2H3,(H,24,25)/t13-/m0/s1. The number of benzene rings is 1. The molecule has 0 radical (unpaired) electrons. The molecule has 2 fully saturated rings. The predicted molar refractivity (Wildman–Crippen MR) is 108 cm³/mol. The van der Waals surface area contributed by atoms with E-state index in [1.807, 2.05) is 0 Å². The van der Waals surface area contributed by atoms with Gasteiger partial charge in [-0.15, -0.1) is 0 Å². The number of rotatable bonds is 2. The molecule has 0 unspecified atom stereocenters. The molecule has 2 aliphatic rings. The van der Waals surface area contributed by atoms with E-state index in [-0.39, 0.29) is 11.0 Å². The van der Waals surface area contributed by atoms with Gasteiger partial charge in [0.2, 0.25) is 5.95 Å². The highest BCUT2D eigenvalue weighted by atomic mass is 19.1. The molecule has 0 amide bonds. The first-order chi connectivity index (χ1) is 14.0. The van der Waals surface area contributed by atoms with E-state index in [9.17, 15) is 9.18 Å². The lowest BCUT2D eigenvalue weighted by atomic mass is 9.77. The van der Waals surface area contributed by atoms with Gasteiger partial charge in [-0.3, -0.25) is 14.5 Å². The largest absolute Gasteiger partial charge is 0.378 e. The molecule has 1 N–H and O–H groups in total. The Morgan fingerprint density at radius 1 is 1.28 bits per heavy atom. The van der Waals surface area contributed by atoms with Gasteiger partial charge in [0, 0.05) is 25.7 Å². The van der Waals surface area contributed by atoms with Crippen molar-refractivity contribution in [1.82, 2.24) is 19.7 Å². The van der Waals surface area contributed by atoms with E-state index in [1.165, 1.54) is 6.07 Å². The van der Waals surface area contributed by atoms with Gasteiger partial charge in [-0.25, -0.2) is 4.39 Å². The third kappa shape index (κ3) is 2.93.